The number of carboxylic acids is 1. The number of rotatable bonds is 9. The molecule has 0 saturated carbocycles. The van der Waals surface area contributed by atoms with Gasteiger partial charge in [0, 0.05) is 32.3 Å². The van der Waals surface area contributed by atoms with Crippen LogP contribution in [0.4, 0.5) is 11.4 Å². The van der Waals surface area contributed by atoms with Gasteiger partial charge in [-0.05, 0) is 43.2 Å². The molecule has 0 radical (unpaired) electrons. The molecule has 0 spiro atoms. The van der Waals surface area contributed by atoms with Crippen molar-refractivity contribution in [1.29, 1.82) is 0 Å². The second-order valence-electron chi connectivity index (χ2n) is 7.09. The summed E-state index contributed by atoms with van der Waals surface area (Å²) in [5, 5.41) is 12.5. The highest BCUT2D eigenvalue weighted by molar-refractivity contribution is 5.72. The Kier molecular flexibility index (Phi) is 6.76. The summed E-state index contributed by atoms with van der Waals surface area (Å²) in [7, 11) is 1.42. The van der Waals surface area contributed by atoms with E-state index in [4.69, 9.17) is 14.6 Å². The molecule has 0 fully saturated rings. The highest BCUT2D eigenvalue weighted by atomic mass is 16.5. The zero-order valence-electron chi connectivity index (χ0n) is 16.4. The zero-order valence-corrected chi connectivity index (χ0v) is 16.4. The van der Waals surface area contributed by atoms with E-state index in [0.29, 0.717) is 6.42 Å². The summed E-state index contributed by atoms with van der Waals surface area (Å²) in [6.07, 6.45) is 0.753. The second-order valence-corrected chi connectivity index (χ2v) is 7.09. The number of para-hydroxylation sites is 2. The molecule has 1 aliphatic heterocycles. The molecule has 2 unspecified atom stereocenters. The van der Waals surface area contributed by atoms with Gasteiger partial charge in [0.1, 0.15) is 11.9 Å². The fraction of sp³-hybridized carbons (Fsp3) is 0.409. The minimum Gasteiger partial charge on any atom is -0.487 e. The van der Waals surface area contributed by atoms with Crippen molar-refractivity contribution in [3.8, 4) is 5.75 Å². The topological polar surface area (TPSA) is 71.0 Å². The molecule has 0 bridgehead atoms. The van der Waals surface area contributed by atoms with Crippen molar-refractivity contribution in [2.45, 2.75) is 32.0 Å². The average molecular weight is 384 g/mol. The van der Waals surface area contributed by atoms with Gasteiger partial charge in [-0.1, -0.05) is 24.3 Å². The van der Waals surface area contributed by atoms with E-state index in [1.54, 1.807) is 0 Å². The van der Waals surface area contributed by atoms with Gasteiger partial charge in [0.2, 0.25) is 0 Å². The van der Waals surface area contributed by atoms with Crippen molar-refractivity contribution in [3.05, 3.63) is 54.1 Å². The highest BCUT2D eigenvalue weighted by Gasteiger charge is 2.21. The van der Waals surface area contributed by atoms with E-state index in [2.05, 4.69) is 23.2 Å². The molecule has 2 aromatic rings. The fourth-order valence-electron chi connectivity index (χ4n) is 3.44. The van der Waals surface area contributed by atoms with Crippen LogP contribution >= 0.6 is 0 Å². The summed E-state index contributed by atoms with van der Waals surface area (Å²) in [6.45, 7) is 4.82. The number of hydrogen-bond donors (Lipinski definition) is 2. The summed E-state index contributed by atoms with van der Waals surface area (Å²) in [5.41, 5.74) is 3.14. The van der Waals surface area contributed by atoms with Crippen molar-refractivity contribution >= 4 is 17.3 Å². The Hall–Kier alpha value is -2.73. The molecule has 150 valence electrons. The lowest BCUT2D eigenvalue weighted by atomic mass is 10.1. The predicted molar refractivity (Wildman–Crippen MR) is 110 cm³/mol. The third-order valence-electron chi connectivity index (χ3n) is 4.88. The van der Waals surface area contributed by atoms with Crippen LogP contribution in [0.25, 0.3) is 0 Å². The Bertz CT molecular complexity index is 778. The molecule has 3 rings (SSSR count). The minimum atomic E-state index is -0.941. The van der Waals surface area contributed by atoms with Crippen LogP contribution in [0.2, 0.25) is 0 Å². The summed E-state index contributed by atoms with van der Waals surface area (Å²) < 4.78 is 10.9. The lowest BCUT2D eigenvalue weighted by Crippen LogP contribution is -2.39. The summed E-state index contributed by atoms with van der Waals surface area (Å²) >= 11 is 0. The lowest BCUT2D eigenvalue weighted by molar-refractivity contribution is -0.148. The van der Waals surface area contributed by atoms with Crippen LogP contribution in [0, 0.1) is 0 Å². The van der Waals surface area contributed by atoms with Gasteiger partial charge in [0.15, 0.2) is 6.10 Å². The van der Waals surface area contributed by atoms with E-state index in [-0.39, 0.29) is 6.10 Å². The van der Waals surface area contributed by atoms with Crippen LogP contribution < -0.4 is 15.0 Å². The molecule has 0 aromatic heterocycles. The van der Waals surface area contributed by atoms with Crippen LogP contribution in [0.15, 0.2) is 48.5 Å². The molecular weight excluding hydrogens is 356 g/mol. The van der Waals surface area contributed by atoms with E-state index in [9.17, 15) is 4.79 Å². The molecule has 2 atom stereocenters. The van der Waals surface area contributed by atoms with E-state index < -0.39 is 12.1 Å². The van der Waals surface area contributed by atoms with Crippen molar-refractivity contribution in [2.75, 3.05) is 37.0 Å². The number of carboxylic acid groups (broad SMARTS) is 1. The smallest absolute Gasteiger partial charge is 0.333 e. The minimum absolute atomic E-state index is 0.192. The van der Waals surface area contributed by atoms with Gasteiger partial charge in [-0.25, -0.2) is 4.79 Å². The Labute approximate surface area is 166 Å². The van der Waals surface area contributed by atoms with Crippen LogP contribution in [0.3, 0.4) is 0 Å². The van der Waals surface area contributed by atoms with E-state index in [1.165, 1.54) is 7.11 Å². The van der Waals surface area contributed by atoms with Gasteiger partial charge in [0.25, 0.3) is 0 Å². The van der Waals surface area contributed by atoms with Gasteiger partial charge >= 0.3 is 5.97 Å². The second kappa shape index (κ2) is 9.46. The maximum atomic E-state index is 11.1. The van der Waals surface area contributed by atoms with Crippen LogP contribution in [0.1, 0.15) is 18.9 Å². The van der Waals surface area contributed by atoms with E-state index in [1.807, 2.05) is 42.5 Å². The Balaban J connectivity index is 1.46. The molecule has 6 nitrogen and oxygen atoms in total. The summed E-state index contributed by atoms with van der Waals surface area (Å²) in [4.78, 5) is 13.4. The quantitative estimate of drug-likeness (QED) is 0.646. The molecular formula is C22H28N2O4. The molecule has 2 N–H and O–H groups in total. The monoisotopic (exact) mass is 384 g/mol. The average Bonchev–Trinajstić information content (AvgIpc) is 2.70. The Morgan fingerprint density at radius 2 is 2.04 bits per heavy atom. The summed E-state index contributed by atoms with van der Waals surface area (Å²) in [5.74, 6) is 0.0178. The number of nitrogens with one attached hydrogen (secondary N) is 1. The van der Waals surface area contributed by atoms with Gasteiger partial charge in [-0.15, -0.1) is 0 Å². The van der Waals surface area contributed by atoms with Gasteiger partial charge in [-0.3, -0.25) is 0 Å². The Morgan fingerprint density at radius 3 is 2.75 bits per heavy atom. The van der Waals surface area contributed by atoms with E-state index in [0.717, 1.165) is 48.7 Å². The molecule has 1 aliphatic rings. The largest absolute Gasteiger partial charge is 0.487 e. The summed E-state index contributed by atoms with van der Waals surface area (Å²) in [6, 6.07) is 16.0. The van der Waals surface area contributed by atoms with Gasteiger partial charge < -0.3 is 24.8 Å². The molecule has 0 saturated heterocycles. The number of nitrogens with zero attached hydrogens (tertiary/aromatic N) is 1. The first-order valence-corrected chi connectivity index (χ1v) is 9.66. The molecule has 0 aliphatic carbocycles. The molecule has 2 aromatic carbocycles. The van der Waals surface area contributed by atoms with Crippen LogP contribution in [-0.4, -0.2) is 50.0 Å². The molecule has 28 heavy (non-hydrogen) atoms. The maximum absolute atomic E-state index is 11.1. The molecule has 1 heterocycles. The number of fused-ring (bicyclic) bond motifs is 1. The first kappa shape index (κ1) is 20.0. The number of benzene rings is 2. The van der Waals surface area contributed by atoms with Gasteiger partial charge in [-0.2, -0.15) is 0 Å². The van der Waals surface area contributed by atoms with E-state index >= 15 is 0 Å². The third-order valence-corrected chi connectivity index (χ3v) is 4.88. The SMILES string of the molecule is COC(Cc1ccc(NCCCN2CC(C)Oc3ccccc32)cc1)C(=O)O. The first-order valence-electron chi connectivity index (χ1n) is 9.66. The number of carbonyl (C=O) groups is 1. The first-order chi connectivity index (χ1) is 13.6. The Morgan fingerprint density at radius 1 is 1.29 bits per heavy atom. The maximum Gasteiger partial charge on any atom is 0.333 e. The lowest BCUT2D eigenvalue weighted by Gasteiger charge is -2.35. The normalized spacial score (nSPS) is 16.8. The standard InChI is InChI=1S/C22H28N2O4/c1-16-15-24(19-6-3-4-7-20(19)28-16)13-5-12-23-18-10-8-17(9-11-18)14-21(27-2)22(25)26/h3-4,6-11,16,21,23H,5,12-15H2,1-2H3,(H,25,26). The fourth-order valence-corrected chi connectivity index (χ4v) is 3.44. The number of methoxy groups -OCH3 is 1. The van der Waals surface area contributed by atoms with Crippen molar-refractivity contribution in [2.24, 2.45) is 0 Å². The zero-order chi connectivity index (χ0) is 19.9. The van der Waals surface area contributed by atoms with Crippen LogP contribution in [-0.2, 0) is 16.0 Å². The van der Waals surface area contributed by atoms with Gasteiger partial charge in [0.05, 0.1) is 12.2 Å². The predicted octanol–water partition coefficient (Wildman–Crippen LogP) is 3.42. The molecule has 6 heteroatoms. The highest BCUT2D eigenvalue weighted by Crippen LogP contribution is 2.32. The molecule has 0 amide bonds. The van der Waals surface area contributed by atoms with Crippen molar-refractivity contribution in [1.82, 2.24) is 0 Å². The number of aliphatic carboxylic acids is 1. The van der Waals surface area contributed by atoms with Crippen molar-refractivity contribution < 1.29 is 19.4 Å². The number of anilines is 2. The van der Waals surface area contributed by atoms with Crippen LogP contribution in [0.5, 0.6) is 5.75 Å². The van der Waals surface area contributed by atoms with Crippen molar-refractivity contribution in [3.63, 3.8) is 0 Å². The number of hydrogen-bond acceptors (Lipinski definition) is 5. The number of ether oxygens (including phenoxy) is 2. The third kappa shape index (κ3) is 5.16.